The van der Waals surface area contributed by atoms with Gasteiger partial charge in [0.1, 0.15) is 5.65 Å². The van der Waals surface area contributed by atoms with Crippen molar-refractivity contribution in [2.45, 2.75) is 6.55 Å². The van der Waals surface area contributed by atoms with Gasteiger partial charge in [-0.3, -0.25) is 4.57 Å². The van der Waals surface area contributed by atoms with Gasteiger partial charge in [0.05, 0.1) is 17.4 Å². The molecular weight excluding hydrogens is 344 g/mol. The van der Waals surface area contributed by atoms with Crippen LogP contribution in [0.2, 0.25) is 5.02 Å². The van der Waals surface area contributed by atoms with Crippen molar-refractivity contribution < 1.29 is 8.78 Å². The molecule has 0 bridgehead atoms. The minimum absolute atomic E-state index is 0.194. The van der Waals surface area contributed by atoms with E-state index in [-0.39, 0.29) is 5.65 Å². The molecule has 25 heavy (non-hydrogen) atoms. The molecular formula is C19H14ClF2N3. The Hall–Kier alpha value is -2.84. The molecule has 6 heteroatoms. The smallest absolute Gasteiger partial charge is 0.320 e. The lowest BCUT2D eigenvalue weighted by Gasteiger charge is -2.04. The molecule has 3 nitrogen and oxygen atoms in total. The molecule has 0 aliphatic heterocycles. The van der Waals surface area contributed by atoms with E-state index >= 15 is 0 Å². The topological polar surface area (TPSA) is 29.9 Å². The van der Waals surface area contributed by atoms with Gasteiger partial charge in [0.2, 0.25) is 0 Å². The first kappa shape index (κ1) is 17.0. The Kier molecular flexibility index (Phi) is 5.01. The Labute approximate surface area is 148 Å². The number of halogens is 3. The average Bonchev–Trinajstić information content (AvgIpc) is 2.98. The van der Waals surface area contributed by atoms with Crippen LogP contribution in [0.25, 0.3) is 11.0 Å². The highest BCUT2D eigenvalue weighted by molar-refractivity contribution is 6.30. The highest BCUT2D eigenvalue weighted by Gasteiger charge is 2.15. The summed E-state index contributed by atoms with van der Waals surface area (Å²) in [4.78, 5) is 4.14. The molecule has 3 rings (SSSR count). The van der Waals surface area contributed by atoms with Gasteiger partial charge in [0, 0.05) is 28.7 Å². The third-order valence-electron chi connectivity index (χ3n) is 3.52. The standard InChI is InChI=1S/C19H14ClF2N3/c1-2-9-23-16-10-17-14(6-3-13-4-7-15(20)8-5-13)12-25(19(21)22)18(17)24-11-16/h2,4-5,7-8,10-12,19,23H,1,9H2. The third kappa shape index (κ3) is 3.81. The lowest BCUT2D eigenvalue weighted by atomic mass is 10.2. The number of hydrogen-bond acceptors (Lipinski definition) is 2. The molecule has 0 amide bonds. The zero-order valence-corrected chi connectivity index (χ0v) is 13.9. The molecule has 1 N–H and O–H groups in total. The number of anilines is 1. The number of aromatic nitrogens is 2. The van der Waals surface area contributed by atoms with Crippen molar-refractivity contribution in [2.24, 2.45) is 0 Å². The predicted molar refractivity (Wildman–Crippen MR) is 97.1 cm³/mol. The predicted octanol–water partition coefficient (Wildman–Crippen LogP) is 5.08. The van der Waals surface area contributed by atoms with Crippen molar-refractivity contribution in [1.82, 2.24) is 9.55 Å². The van der Waals surface area contributed by atoms with Crippen LogP contribution in [-0.4, -0.2) is 16.1 Å². The van der Waals surface area contributed by atoms with Crippen molar-refractivity contribution in [3.63, 3.8) is 0 Å². The van der Waals surface area contributed by atoms with Crippen LogP contribution in [0.15, 0.2) is 55.4 Å². The molecule has 2 heterocycles. The second-order valence-corrected chi connectivity index (χ2v) is 5.69. The maximum Gasteiger partial charge on any atom is 0.320 e. The average molecular weight is 358 g/mol. The summed E-state index contributed by atoms with van der Waals surface area (Å²) in [5.41, 5.74) is 2.14. The van der Waals surface area contributed by atoms with E-state index in [1.807, 2.05) is 0 Å². The summed E-state index contributed by atoms with van der Waals surface area (Å²) in [6, 6.07) is 8.77. The number of rotatable bonds is 4. The number of nitrogens with one attached hydrogen (secondary N) is 1. The zero-order valence-electron chi connectivity index (χ0n) is 13.1. The number of fused-ring (bicyclic) bond motifs is 1. The fourth-order valence-corrected chi connectivity index (χ4v) is 2.47. The van der Waals surface area contributed by atoms with Crippen molar-refractivity contribution in [2.75, 3.05) is 11.9 Å². The van der Waals surface area contributed by atoms with Crippen LogP contribution < -0.4 is 5.32 Å². The molecule has 0 aliphatic rings. The summed E-state index contributed by atoms with van der Waals surface area (Å²) in [5, 5.41) is 4.27. The number of alkyl halides is 2. The minimum Gasteiger partial charge on any atom is -0.380 e. The monoisotopic (exact) mass is 357 g/mol. The van der Waals surface area contributed by atoms with E-state index in [1.165, 1.54) is 12.4 Å². The maximum atomic E-state index is 13.3. The fraction of sp³-hybridized carbons (Fsp3) is 0.105. The quantitative estimate of drug-likeness (QED) is 0.521. The van der Waals surface area contributed by atoms with Gasteiger partial charge in [-0.1, -0.05) is 29.5 Å². The van der Waals surface area contributed by atoms with Crippen LogP contribution in [0.5, 0.6) is 0 Å². The molecule has 3 aromatic rings. The van der Waals surface area contributed by atoms with E-state index in [1.54, 1.807) is 36.4 Å². The van der Waals surface area contributed by atoms with Crippen molar-refractivity contribution in [3.8, 4) is 11.8 Å². The van der Waals surface area contributed by atoms with E-state index in [0.29, 0.717) is 28.2 Å². The molecule has 0 saturated heterocycles. The molecule has 0 fully saturated rings. The van der Waals surface area contributed by atoms with Gasteiger partial charge in [-0.2, -0.15) is 8.78 Å². The fourth-order valence-electron chi connectivity index (χ4n) is 2.34. The molecule has 126 valence electrons. The second-order valence-electron chi connectivity index (χ2n) is 5.25. The summed E-state index contributed by atoms with van der Waals surface area (Å²) < 4.78 is 27.3. The number of benzene rings is 1. The maximum absolute atomic E-state index is 13.3. The largest absolute Gasteiger partial charge is 0.380 e. The lowest BCUT2D eigenvalue weighted by Crippen LogP contribution is -2.00. The van der Waals surface area contributed by atoms with Crippen LogP contribution in [0, 0.1) is 11.8 Å². The van der Waals surface area contributed by atoms with Gasteiger partial charge in [-0.25, -0.2) is 4.98 Å². The number of pyridine rings is 1. The first-order valence-electron chi connectivity index (χ1n) is 7.49. The van der Waals surface area contributed by atoms with E-state index in [2.05, 4.69) is 28.7 Å². The highest BCUT2D eigenvalue weighted by Crippen LogP contribution is 2.26. The lowest BCUT2D eigenvalue weighted by molar-refractivity contribution is 0.0746. The highest BCUT2D eigenvalue weighted by atomic mass is 35.5. The van der Waals surface area contributed by atoms with Crippen molar-refractivity contribution >= 4 is 28.3 Å². The van der Waals surface area contributed by atoms with E-state index in [9.17, 15) is 8.78 Å². The molecule has 0 unspecified atom stereocenters. The van der Waals surface area contributed by atoms with Crippen LogP contribution >= 0.6 is 11.6 Å². The summed E-state index contributed by atoms with van der Waals surface area (Å²) >= 11 is 5.85. The van der Waals surface area contributed by atoms with Gasteiger partial charge in [-0.05, 0) is 30.3 Å². The molecule has 0 saturated carbocycles. The molecule has 2 aromatic heterocycles. The second kappa shape index (κ2) is 7.37. The first-order chi connectivity index (χ1) is 12.1. The summed E-state index contributed by atoms with van der Waals surface area (Å²) in [6.07, 6.45) is 4.54. The van der Waals surface area contributed by atoms with Crippen molar-refractivity contribution in [1.29, 1.82) is 0 Å². The Bertz CT molecular complexity index is 966. The van der Waals surface area contributed by atoms with E-state index in [0.717, 1.165) is 10.1 Å². The third-order valence-corrected chi connectivity index (χ3v) is 3.77. The SMILES string of the molecule is C=CCNc1cnc2c(c1)c(C#Cc1ccc(Cl)cc1)cn2C(F)F. The Balaban J connectivity index is 2.06. The minimum atomic E-state index is -2.69. The van der Waals surface area contributed by atoms with Gasteiger partial charge in [-0.15, -0.1) is 6.58 Å². The zero-order chi connectivity index (χ0) is 17.8. The summed E-state index contributed by atoms with van der Waals surface area (Å²) in [5.74, 6) is 5.91. The number of hydrogen-bond donors (Lipinski definition) is 1. The van der Waals surface area contributed by atoms with E-state index in [4.69, 9.17) is 11.6 Å². The van der Waals surface area contributed by atoms with Gasteiger partial charge in [0.15, 0.2) is 0 Å². The molecule has 0 radical (unpaired) electrons. The Morgan fingerprint density at radius 1 is 1.28 bits per heavy atom. The van der Waals surface area contributed by atoms with Gasteiger partial charge in [0.25, 0.3) is 0 Å². The molecule has 0 aliphatic carbocycles. The molecule has 0 atom stereocenters. The summed E-state index contributed by atoms with van der Waals surface area (Å²) in [7, 11) is 0. The normalized spacial score (nSPS) is 10.6. The van der Waals surface area contributed by atoms with Gasteiger partial charge < -0.3 is 5.32 Å². The Morgan fingerprint density at radius 2 is 2.04 bits per heavy atom. The molecule has 0 spiro atoms. The van der Waals surface area contributed by atoms with E-state index < -0.39 is 6.55 Å². The van der Waals surface area contributed by atoms with Crippen LogP contribution in [0.3, 0.4) is 0 Å². The molecule has 1 aromatic carbocycles. The van der Waals surface area contributed by atoms with Crippen molar-refractivity contribution in [3.05, 3.63) is 71.5 Å². The summed E-state index contributed by atoms with van der Waals surface area (Å²) in [6.45, 7) is 1.50. The van der Waals surface area contributed by atoms with Crippen LogP contribution in [0.4, 0.5) is 14.5 Å². The van der Waals surface area contributed by atoms with Gasteiger partial charge >= 0.3 is 6.55 Å². The first-order valence-corrected chi connectivity index (χ1v) is 7.87. The van der Waals surface area contributed by atoms with Crippen LogP contribution in [-0.2, 0) is 0 Å². The Morgan fingerprint density at radius 3 is 2.72 bits per heavy atom. The van der Waals surface area contributed by atoms with Crippen LogP contribution in [0.1, 0.15) is 17.7 Å². The number of nitrogens with zero attached hydrogens (tertiary/aromatic N) is 2.